The van der Waals surface area contributed by atoms with E-state index in [1.165, 1.54) is 11.0 Å². The fraction of sp³-hybridized carbons (Fsp3) is 0.300. The second kappa shape index (κ2) is 6.71. The molecule has 1 aromatic carbocycles. The predicted octanol–water partition coefficient (Wildman–Crippen LogP) is 3.81. The van der Waals surface area contributed by atoms with Crippen molar-refractivity contribution in [1.29, 1.82) is 0 Å². The highest BCUT2D eigenvalue weighted by atomic mass is 16.3. The predicted molar refractivity (Wildman–Crippen MR) is 95.9 cm³/mol. The third kappa shape index (κ3) is 2.98. The fourth-order valence-corrected chi connectivity index (χ4v) is 3.16. The van der Waals surface area contributed by atoms with E-state index in [1.54, 1.807) is 37.3 Å². The Balaban J connectivity index is 2.15. The fourth-order valence-electron chi connectivity index (χ4n) is 3.16. The lowest BCUT2D eigenvalue weighted by molar-refractivity contribution is -0.118. The highest BCUT2D eigenvalue weighted by molar-refractivity contribution is 6.16. The van der Waals surface area contributed by atoms with Crippen LogP contribution in [0.2, 0.25) is 0 Å². The number of carbonyl (C=O) groups is 2. The number of rotatable bonds is 5. The number of phenols is 1. The number of aliphatic hydroxyl groups is 1. The highest BCUT2D eigenvalue weighted by Crippen LogP contribution is 2.44. The zero-order valence-corrected chi connectivity index (χ0v) is 14.9. The van der Waals surface area contributed by atoms with E-state index in [0.717, 1.165) is 0 Å². The van der Waals surface area contributed by atoms with E-state index >= 15 is 0 Å². The Morgan fingerprint density at radius 2 is 1.88 bits per heavy atom. The molecule has 0 spiro atoms. The molecule has 0 fully saturated rings. The molecule has 0 aliphatic carbocycles. The number of furan rings is 1. The van der Waals surface area contributed by atoms with Gasteiger partial charge < -0.3 is 14.6 Å². The van der Waals surface area contributed by atoms with Crippen LogP contribution >= 0.6 is 0 Å². The maximum absolute atomic E-state index is 12.8. The molecule has 2 aromatic rings. The number of aromatic hydroxyl groups is 1. The van der Waals surface area contributed by atoms with Gasteiger partial charge in [0.2, 0.25) is 0 Å². The normalized spacial score (nSPS) is 17.5. The van der Waals surface area contributed by atoms with Gasteiger partial charge in [-0.25, -0.2) is 0 Å². The van der Waals surface area contributed by atoms with Crippen LogP contribution in [0.15, 0.2) is 52.1 Å². The van der Waals surface area contributed by atoms with Crippen molar-refractivity contribution in [2.75, 3.05) is 4.90 Å². The zero-order valence-electron chi connectivity index (χ0n) is 14.9. The van der Waals surface area contributed by atoms with Crippen molar-refractivity contribution >= 4 is 17.4 Å². The summed E-state index contributed by atoms with van der Waals surface area (Å²) in [5.41, 5.74) is 0.205. The van der Waals surface area contributed by atoms with Crippen LogP contribution in [0.4, 0.5) is 5.69 Å². The number of carbonyl (C=O) groups excluding carboxylic acids is 2. The lowest BCUT2D eigenvalue weighted by atomic mass is 9.95. The summed E-state index contributed by atoms with van der Waals surface area (Å²) in [4.78, 5) is 26.7. The first-order valence-electron chi connectivity index (χ1n) is 8.45. The van der Waals surface area contributed by atoms with Crippen molar-refractivity contribution in [2.45, 2.75) is 33.2 Å². The number of anilines is 1. The van der Waals surface area contributed by atoms with Crippen LogP contribution in [0, 0.1) is 12.8 Å². The van der Waals surface area contributed by atoms with Crippen molar-refractivity contribution in [1.82, 2.24) is 0 Å². The van der Waals surface area contributed by atoms with Gasteiger partial charge in [0.1, 0.15) is 23.3 Å². The molecule has 1 aliphatic rings. The van der Waals surface area contributed by atoms with Gasteiger partial charge in [0.05, 0.1) is 11.3 Å². The van der Waals surface area contributed by atoms with Crippen molar-refractivity contribution in [2.24, 2.45) is 5.92 Å². The summed E-state index contributed by atoms with van der Waals surface area (Å²) >= 11 is 0. The lowest BCUT2D eigenvalue weighted by Crippen LogP contribution is -2.31. The molecule has 136 valence electrons. The van der Waals surface area contributed by atoms with Gasteiger partial charge >= 0.3 is 0 Å². The molecule has 3 rings (SSSR count). The number of nitrogens with zero attached hydrogens (tertiary/aromatic N) is 1. The molecule has 0 bridgehead atoms. The number of aryl methyl sites for hydroxylation is 1. The minimum absolute atomic E-state index is 0.00121. The molecule has 1 aromatic heterocycles. The van der Waals surface area contributed by atoms with Gasteiger partial charge in [-0.2, -0.15) is 0 Å². The Kier molecular flexibility index (Phi) is 4.59. The van der Waals surface area contributed by atoms with Crippen molar-refractivity contribution in [3.63, 3.8) is 0 Å². The molecule has 0 radical (unpaired) electrons. The van der Waals surface area contributed by atoms with E-state index in [-0.39, 0.29) is 35.1 Å². The van der Waals surface area contributed by atoms with Crippen molar-refractivity contribution in [3.05, 3.63) is 59.3 Å². The minimum Gasteiger partial charge on any atom is -0.506 e. The third-order valence-corrected chi connectivity index (χ3v) is 4.27. The number of aliphatic hydroxyl groups excluding tert-OH is 1. The second-order valence-electron chi connectivity index (χ2n) is 6.80. The van der Waals surface area contributed by atoms with Gasteiger partial charge in [-0.05, 0) is 37.1 Å². The SMILES string of the molecule is Cc1ccc(C2C(C(=O)CC(C)C)=C(O)C(=O)N2c2ccccc2O)o1. The van der Waals surface area contributed by atoms with Gasteiger partial charge in [-0.15, -0.1) is 0 Å². The molecular weight excluding hydrogens is 334 g/mol. The number of benzene rings is 1. The number of ketones is 1. The standard InChI is InChI=1S/C20H21NO5/c1-11(2)10-15(23)17-18(16-9-8-12(3)26-16)21(20(25)19(17)24)13-6-4-5-7-14(13)22/h4-9,11,18,22,24H,10H2,1-3H3. The van der Waals surface area contributed by atoms with Crippen molar-refractivity contribution in [3.8, 4) is 5.75 Å². The second-order valence-corrected chi connectivity index (χ2v) is 6.80. The Morgan fingerprint density at radius 1 is 1.19 bits per heavy atom. The highest BCUT2D eigenvalue weighted by Gasteiger charge is 2.46. The van der Waals surface area contributed by atoms with Gasteiger partial charge in [-0.3, -0.25) is 14.5 Å². The third-order valence-electron chi connectivity index (χ3n) is 4.27. The van der Waals surface area contributed by atoms with Gasteiger partial charge in [0.25, 0.3) is 5.91 Å². The molecule has 2 heterocycles. The summed E-state index contributed by atoms with van der Waals surface area (Å²) in [5, 5.41) is 20.7. The Morgan fingerprint density at radius 3 is 2.46 bits per heavy atom. The van der Waals surface area contributed by atoms with Crippen LogP contribution in [-0.4, -0.2) is 21.9 Å². The number of Topliss-reactive ketones (excluding diaryl/α,β-unsaturated/α-hetero) is 1. The first-order chi connectivity index (χ1) is 12.3. The number of hydrogen-bond acceptors (Lipinski definition) is 5. The average Bonchev–Trinajstić information content (AvgIpc) is 3.10. The van der Waals surface area contributed by atoms with Crippen LogP contribution in [0.1, 0.15) is 37.8 Å². The van der Waals surface area contributed by atoms with Crippen LogP contribution in [0.5, 0.6) is 5.75 Å². The van der Waals surface area contributed by atoms with E-state index in [9.17, 15) is 19.8 Å². The van der Waals surface area contributed by atoms with E-state index in [4.69, 9.17) is 4.42 Å². The van der Waals surface area contributed by atoms with Gasteiger partial charge in [0.15, 0.2) is 11.5 Å². The summed E-state index contributed by atoms with van der Waals surface area (Å²) in [6.45, 7) is 5.53. The molecule has 1 atom stereocenters. The minimum atomic E-state index is -0.921. The molecule has 26 heavy (non-hydrogen) atoms. The molecule has 1 unspecified atom stereocenters. The zero-order chi connectivity index (χ0) is 19.0. The Labute approximate surface area is 151 Å². The topological polar surface area (TPSA) is 91.0 Å². The molecule has 2 N–H and O–H groups in total. The van der Waals surface area contributed by atoms with Gasteiger partial charge in [-0.1, -0.05) is 26.0 Å². The summed E-state index contributed by atoms with van der Waals surface area (Å²) in [6, 6.07) is 8.76. The summed E-state index contributed by atoms with van der Waals surface area (Å²) < 4.78 is 5.67. The number of para-hydroxylation sites is 2. The smallest absolute Gasteiger partial charge is 0.294 e. The molecule has 6 nitrogen and oxygen atoms in total. The number of hydrogen-bond donors (Lipinski definition) is 2. The van der Waals surface area contributed by atoms with Crippen LogP contribution in [0.3, 0.4) is 0 Å². The molecule has 1 aliphatic heterocycles. The summed E-state index contributed by atoms with van der Waals surface area (Å²) in [6.07, 6.45) is 0.192. The molecule has 0 saturated carbocycles. The number of amides is 1. The van der Waals surface area contributed by atoms with Crippen LogP contribution < -0.4 is 4.90 Å². The molecule has 1 amide bonds. The quantitative estimate of drug-likeness (QED) is 0.851. The molecule has 0 saturated heterocycles. The summed E-state index contributed by atoms with van der Waals surface area (Å²) in [7, 11) is 0. The van der Waals surface area contributed by atoms with Gasteiger partial charge in [0, 0.05) is 6.42 Å². The van der Waals surface area contributed by atoms with E-state index < -0.39 is 17.7 Å². The van der Waals surface area contributed by atoms with Crippen molar-refractivity contribution < 1.29 is 24.2 Å². The Hall–Kier alpha value is -3.02. The van der Waals surface area contributed by atoms with E-state index in [2.05, 4.69) is 0 Å². The maximum Gasteiger partial charge on any atom is 0.294 e. The van der Waals surface area contributed by atoms with E-state index in [0.29, 0.717) is 11.5 Å². The Bertz CT molecular complexity index is 893. The first kappa shape index (κ1) is 17.8. The lowest BCUT2D eigenvalue weighted by Gasteiger charge is -2.25. The molecule has 6 heteroatoms. The van der Waals surface area contributed by atoms with Crippen LogP contribution in [-0.2, 0) is 9.59 Å². The monoisotopic (exact) mass is 355 g/mol. The largest absolute Gasteiger partial charge is 0.506 e. The van der Waals surface area contributed by atoms with Crippen LogP contribution in [0.25, 0.3) is 0 Å². The summed E-state index contributed by atoms with van der Waals surface area (Å²) in [5.74, 6) is -0.740. The van der Waals surface area contributed by atoms with E-state index in [1.807, 2.05) is 13.8 Å². The molecular formula is C20H21NO5. The maximum atomic E-state index is 12.8. The number of phenolic OH excluding ortho intramolecular Hbond substituents is 1. The first-order valence-corrected chi connectivity index (χ1v) is 8.45. The average molecular weight is 355 g/mol.